The Kier molecular flexibility index (Phi) is 6.56. The minimum absolute atomic E-state index is 0.538. The highest BCUT2D eigenvalue weighted by Gasteiger charge is 2.37. The van der Waals surface area contributed by atoms with Crippen LogP contribution in [0.15, 0.2) is 0 Å². The highest BCUT2D eigenvalue weighted by Crippen LogP contribution is 2.33. The molecule has 4 heteroatoms. The summed E-state index contributed by atoms with van der Waals surface area (Å²) in [5.41, 5.74) is 0. The molecule has 3 aliphatic heterocycles. The highest BCUT2D eigenvalue weighted by molar-refractivity contribution is 4.91. The molecule has 0 spiro atoms. The van der Waals surface area contributed by atoms with Gasteiger partial charge >= 0.3 is 0 Å². The van der Waals surface area contributed by atoms with Gasteiger partial charge in [0.25, 0.3) is 0 Å². The zero-order valence-corrected chi connectivity index (χ0v) is 17.2. The number of hydrogen-bond acceptors (Lipinski definition) is 4. The molecule has 4 fully saturated rings. The number of piperidine rings is 3. The molecule has 4 nitrogen and oxygen atoms in total. The maximum absolute atomic E-state index is 6.46. The Morgan fingerprint density at radius 3 is 2.08 bits per heavy atom. The summed E-state index contributed by atoms with van der Waals surface area (Å²) in [4.78, 5) is 7.94. The molecule has 0 aromatic carbocycles. The van der Waals surface area contributed by atoms with Gasteiger partial charge in [0.15, 0.2) is 0 Å². The van der Waals surface area contributed by atoms with Gasteiger partial charge in [0, 0.05) is 25.7 Å². The molecule has 4 rings (SSSR count). The third-order valence-electron chi connectivity index (χ3n) is 7.68. The van der Waals surface area contributed by atoms with Crippen LogP contribution in [0.5, 0.6) is 0 Å². The van der Waals surface area contributed by atoms with Crippen LogP contribution in [-0.2, 0) is 4.74 Å². The summed E-state index contributed by atoms with van der Waals surface area (Å²) in [6, 6.07) is 0.831. The Bertz CT molecular complexity index is 415. The monoisotopic (exact) mass is 363 g/mol. The van der Waals surface area contributed by atoms with Crippen LogP contribution >= 0.6 is 0 Å². The lowest BCUT2D eigenvalue weighted by molar-refractivity contribution is -0.107. The molecular formula is C22H41N3O. The van der Waals surface area contributed by atoms with Crippen LogP contribution in [0.1, 0.15) is 58.3 Å². The molecule has 0 aromatic heterocycles. The van der Waals surface area contributed by atoms with Gasteiger partial charge in [-0.05, 0) is 96.4 Å². The average molecular weight is 364 g/mol. The second-order valence-corrected chi connectivity index (χ2v) is 9.85. The summed E-state index contributed by atoms with van der Waals surface area (Å²) >= 11 is 0. The molecule has 1 saturated carbocycles. The van der Waals surface area contributed by atoms with Crippen molar-refractivity contribution in [3.63, 3.8) is 0 Å². The first kappa shape index (κ1) is 19.2. The Morgan fingerprint density at radius 2 is 1.42 bits per heavy atom. The Hall–Kier alpha value is -0.160. The van der Waals surface area contributed by atoms with Crippen molar-refractivity contribution in [1.82, 2.24) is 14.7 Å². The molecule has 3 heterocycles. The lowest BCUT2D eigenvalue weighted by Crippen LogP contribution is -2.52. The van der Waals surface area contributed by atoms with Crippen LogP contribution in [0.2, 0.25) is 0 Å². The van der Waals surface area contributed by atoms with E-state index in [0.717, 1.165) is 17.9 Å². The van der Waals surface area contributed by atoms with Gasteiger partial charge in [-0.3, -0.25) is 0 Å². The van der Waals surface area contributed by atoms with Crippen LogP contribution in [-0.4, -0.2) is 85.8 Å². The van der Waals surface area contributed by atoms with Gasteiger partial charge in [0.2, 0.25) is 0 Å². The molecule has 0 unspecified atom stereocenters. The fourth-order valence-corrected chi connectivity index (χ4v) is 5.45. The lowest BCUT2D eigenvalue weighted by atomic mass is 9.85. The van der Waals surface area contributed by atoms with Crippen LogP contribution < -0.4 is 0 Å². The van der Waals surface area contributed by atoms with E-state index < -0.39 is 0 Å². The van der Waals surface area contributed by atoms with E-state index >= 15 is 0 Å². The molecular weight excluding hydrogens is 322 g/mol. The van der Waals surface area contributed by atoms with E-state index in [9.17, 15) is 0 Å². The maximum Gasteiger partial charge on any atom is 0.0608 e. The van der Waals surface area contributed by atoms with Crippen LogP contribution in [0.25, 0.3) is 0 Å². The fourth-order valence-electron chi connectivity index (χ4n) is 5.45. The standard InChI is InChI=1S/C22H41N3O/c1-18-3-13-25(14-4-18)20-15-22(16-20)26-21-7-11-24(12-8-21)17-19-5-9-23(2)10-6-19/h18-22H,3-17H2,1-2H3. The molecule has 0 atom stereocenters. The van der Waals surface area contributed by atoms with Gasteiger partial charge in [-0.25, -0.2) is 0 Å². The number of likely N-dealkylation sites (tertiary alicyclic amines) is 3. The Labute approximate surface area is 161 Å². The van der Waals surface area contributed by atoms with Crippen LogP contribution in [0.4, 0.5) is 0 Å². The molecule has 1 aliphatic carbocycles. The molecule has 3 saturated heterocycles. The normalized spacial score (nSPS) is 34.8. The summed E-state index contributed by atoms with van der Waals surface area (Å²) in [5.74, 6) is 1.88. The van der Waals surface area contributed by atoms with Gasteiger partial charge < -0.3 is 19.4 Å². The summed E-state index contributed by atoms with van der Waals surface area (Å²) in [6.07, 6.45) is 11.8. The fraction of sp³-hybridized carbons (Fsp3) is 1.00. The first-order valence-electron chi connectivity index (χ1n) is 11.5. The first-order valence-corrected chi connectivity index (χ1v) is 11.5. The van der Waals surface area contributed by atoms with Crippen molar-refractivity contribution in [3.05, 3.63) is 0 Å². The van der Waals surface area contributed by atoms with Gasteiger partial charge in [0.1, 0.15) is 0 Å². The third kappa shape index (κ3) is 5.01. The van der Waals surface area contributed by atoms with Crippen molar-refractivity contribution in [2.24, 2.45) is 11.8 Å². The number of ether oxygens (including phenoxy) is 1. The zero-order valence-electron chi connectivity index (χ0n) is 17.2. The van der Waals surface area contributed by atoms with Crippen molar-refractivity contribution in [2.45, 2.75) is 76.5 Å². The van der Waals surface area contributed by atoms with E-state index in [0.29, 0.717) is 12.2 Å². The minimum atomic E-state index is 0.538. The van der Waals surface area contributed by atoms with E-state index in [1.807, 2.05) is 0 Å². The van der Waals surface area contributed by atoms with Crippen molar-refractivity contribution >= 4 is 0 Å². The molecule has 4 aliphatic rings. The SMILES string of the molecule is CC1CCN(C2CC(OC3CCN(CC4CCN(C)CC4)CC3)C2)CC1. The Morgan fingerprint density at radius 1 is 0.769 bits per heavy atom. The van der Waals surface area contributed by atoms with E-state index in [1.165, 1.54) is 97.2 Å². The van der Waals surface area contributed by atoms with Crippen molar-refractivity contribution < 1.29 is 4.74 Å². The predicted octanol–water partition coefficient (Wildman–Crippen LogP) is 3.07. The highest BCUT2D eigenvalue weighted by atomic mass is 16.5. The van der Waals surface area contributed by atoms with Crippen LogP contribution in [0.3, 0.4) is 0 Å². The largest absolute Gasteiger partial charge is 0.375 e. The van der Waals surface area contributed by atoms with E-state index in [-0.39, 0.29) is 0 Å². The van der Waals surface area contributed by atoms with E-state index in [1.54, 1.807) is 0 Å². The maximum atomic E-state index is 6.46. The second-order valence-electron chi connectivity index (χ2n) is 9.85. The molecule has 26 heavy (non-hydrogen) atoms. The van der Waals surface area contributed by atoms with Crippen molar-refractivity contribution in [3.8, 4) is 0 Å². The quantitative estimate of drug-likeness (QED) is 0.747. The topological polar surface area (TPSA) is 19.0 Å². The van der Waals surface area contributed by atoms with Gasteiger partial charge in [-0.2, -0.15) is 0 Å². The average Bonchev–Trinajstić information content (AvgIpc) is 2.62. The zero-order chi connectivity index (χ0) is 17.9. The molecule has 0 amide bonds. The lowest BCUT2D eigenvalue weighted by Gasteiger charge is -2.46. The summed E-state index contributed by atoms with van der Waals surface area (Å²) in [7, 11) is 2.26. The Balaban J connectivity index is 1.09. The van der Waals surface area contributed by atoms with E-state index in [2.05, 4.69) is 28.7 Å². The molecule has 0 radical (unpaired) electrons. The molecule has 0 N–H and O–H groups in total. The smallest absolute Gasteiger partial charge is 0.0608 e. The van der Waals surface area contributed by atoms with Crippen LogP contribution in [0, 0.1) is 11.8 Å². The van der Waals surface area contributed by atoms with Crippen molar-refractivity contribution in [2.75, 3.05) is 52.9 Å². The molecule has 0 aromatic rings. The summed E-state index contributed by atoms with van der Waals surface area (Å²) in [5, 5.41) is 0. The van der Waals surface area contributed by atoms with E-state index in [4.69, 9.17) is 4.74 Å². The molecule has 0 bridgehead atoms. The first-order chi connectivity index (χ1) is 12.7. The summed E-state index contributed by atoms with van der Waals surface area (Å²) in [6.45, 7) is 11.5. The van der Waals surface area contributed by atoms with Gasteiger partial charge in [-0.1, -0.05) is 6.92 Å². The second kappa shape index (κ2) is 8.89. The van der Waals surface area contributed by atoms with Gasteiger partial charge in [-0.15, -0.1) is 0 Å². The number of hydrogen-bond donors (Lipinski definition) is 0. The van der Waals surface area contributed by atoms with Crippen molar-refractivity contribution in [1.29, 1.82) is 0 Å². The number of rotatable bonds is 5. The van der Waals surface area contributed by atoms with Gasteiger partial charge in [0.05, 0.1) is 12.2 Å². The molecule has 150 valence electrons. The number of nitrogens with zero attached hydrogens (tertiary/aromatic N) is 3. The predicted molar refractivity (Wildman–Crippen MR) is 108 cm³/mol. The summed E-state index contributed by atoms with van der Waals surface area (Å²) < 4.78 is 6.46. The third-order valence-corrected chi connectivity index (χ3v) is 7.68. The minimum Gasteiger partial charge on any atom is -0.375 e.